The summed E-state index contributed by atoms with van der Waals surface area (Å²) in [5, 5.41) is 3.15. The summed E-state index contributed by atoms with van der Waals surface area (Å²) in [6.45, 7) is 15.7. The Morgan fingerprint density at radius 2 is 1.21 bits per heavy atom. The van der Waals surface area contributed by atoms with Crippen molar-refractivity contribution in [2.75, 3.05) is 54.4 Å². The number of rotatable bonds is 20. The number of hydrogen-bond acceptors (Lipinski definition) is 2. The second-order valence-corrected chi connectivity index (χ2v) is 12.2. The first-order valence-electron chi connectivity index (χ1n) is 13.6. The zero-order valence-corrected chi connectivity index (χ0v) is 24.7. The monoisotopic (exact) mass is 490 g/mol. The summed E-state index contributed by atoms with van der Waals surface area (Å²) < 4.78 is 0.947. The zero-order chi connectivity index (χ0) is 24.6. The first kappa shape index (κ1) is 34.8. The van der Waals surface area contributed by atoms with Gasteiger partial charge < -0.3 is 14.7 Å². The molecule has 33 heavy (non-hydrogen) atoms. The predicted molar refractivity (Wildman–Crippen MR) is 149 cm³/mol. The molecule has 0 fully saturated rings. The van der Waals surface area contributed by atoms with Gasteiger partial charge in [0.15, 0.2) is 0 Å². The molecular weight excluding hydrogens is 430 g/mol. The van der Waals surface area contributed by atoms with E-state index in [1.165, 1.54) is 57.8 Å². The zero-order valence-electron chi connectivity index (χ0n) is 23.9. The molecular formula is C28H61ClN3O+. The number of halogens is 1. The SMILES string of the molecule is CC(C)CCCC(C)CCCC(C)CCCC(C)CC(=O)NCC[N+](C)(C)CCN(C)C.Cl. The molecule has 1 N–H and O–H groups in total. The fraction of sp³-hybridized carbons (Fsp3) is 0.964. The first-order chi connectivity index (χ1) is 14.9. The van der Waals surface area contributed by atoms with Crippen LogP contribution in [0.15, 0.2) is 0 Å². The van der Waals surface area contributed by atoms with Gasteiger partial charge in [0, 0.05) is 13.0 Å². The highest BCUT2D eigenvalue weighted by Gasteiger charge is 2.16. The summed E-state index contributed by atoms with van der Waals surface area (Å²) >= 11 is 0. The lowest BCUT2D eigenvalue weighted by molar-refractivity contribution is -0.888. The molecule has 0 saturated carbocycles. The van der Waals surface area contributed by atoms with Crippen molar-refractivity contribution < 1.29 is 9.28 Å². The fourth-order valence-electron chi connectivity index (χ4n) is 4.36. The van der Waals surface area contributed by atoms with Gasteiger partial charge in [-0.25, -0.2) is 0 Å². The number of nitrogens with zero attached hydrogens (tertiary/aromatic N) is 2. The molecule has 0 bridgehead atoms. The summed E-state index contributed by atoms with van der Waals surface area (Å²) in [6.07, 6.45) is 12.7. The Morgan fingerprint density at radius 3 is 1.67 bits per heavy atom. The number of quaternary nitrogens is 1. The lowest BCUT2D eigenvalue weighted by atomic mass is 9.90. The van der Waals surface area contributed by atoms with Crippen LogP contribution in [0.25, 0.3) is 0 Å². The number of carbonyl (C=O) groups is 1. The Morgan fingerprint density at radius 1 is 0.758 bits per heavy atom. The third-order valence-corrected chi connectivity index (χ3v) is 6.99. The third kappa shape index (κ3) is 23.2. The van der Waals surface area contributed by atoms with Crippen LogP contribution in [0.4, 0.5) is 0 Å². The van der Waals surface area contributed by atoms with Crippen LogP contribution in [0.1, 0.15) is 98.8 Å². The van der Waals surface area contributed by atoms with Crippen LogP contribution in [-0.2, 0) is 4.79 Å². The molecule has 1 amide bonds. The van der Waals surface area contributed by atoms with Crippen molar-refractivity contribution in [2.24, 2.45) is 23.7 Å². The fourth-order valence-corrected chi connectivity index (χ4v) is 4.36. The van der Waals surface area contributed by atoms with Crippen molar-refractivity contribution in [3.63, 3.8) is 0 Å². The molecule has 4 nitrogen and oxygen atoms in total. The van der Waals surface area contributed by atoms with E-state index in [1.807, 2.05) is 0 Å². The Balaban J connectivity index is 0. The van der Waals surface area contributed by atoms with Gasteiger partial charge in [-0.15, -0.1) is 12.4 Å². The maximum Gasteiger partial charge on any atom is 0.220 e. The Labute approximate surface area is 214 Å². The molecule has 0 aliphatic carbocycles. The highest BCUT2D eigenvalue weighted by Crippen LogP contribution is 2.22. The molecule has 3 unspecified atom stereocenters. The molecule has 3 atom stereocenters. The number of hydrogen-bond donors (Lipinski definition) is 1. The van der Waals surface area contributed by atoms with Crippen LogP contribution < -0.4 is 5.32 Å². The van der Waals surface area contributed by atoms with E-state index in [9.17, 15) is 4.79 Å². The second-order valence-electron chi connectivity index (χ2n) is 12.2. The lowest BCUT2D eigenvalue weighted by Gasteiger charge is -2.31. The van der Waals surface area contributed by atoms with Crippen LogP contribution >= 0.6 is 12.4 Å². The topological polar surface area (TPSA) is 32.3 Å². The highest BCUT2D eigenvalue weighted by atomic mass is 35.5. The number of carbonyl (C=O) groups excluding carboxylic acids is 1. The van der Waals surface area contributed by atoms with Crippen LogP contribution in [0, 0.1) is 23.7 Å². The average molecular weight is 491 g/mol. The van der Waals surface area contributed by atoms with Crippen molar-refractivity contribution >= 4 is 18.3 Å². The molecule has 0 aliphatic heterocycles. The molecule has 0 radical (unpaired) electrons. The summed E-state index contributed by atoms with van der Waals surface area (Å²) in [5.74, 6) is 3.27. The molecule has 0 saturated heterocycles. The van der Waals surface area contributed by atoms with Crippen LogP contribution in [-0.4, -0.2) is 69.7 Å². The number of likely N-dealkylation sites (N-methyl/N-ethyl adjacent to an activating group) is 2. The van der Waals surface area contributed by atoms with Crippen molar-refractivity contribution in [3.8, 4) is 0 Å². The summed E-state index contributed by atoms with van der Waals surface area (Å²) in [4.78, 5) is 14.5. The van der Waals surface area contributed by atoms with Crippen molar-refractivity contribution in [3.05, 3.63) is 0 Å². The highest BCUT2D eigenvalue weighted by molar-refractivity contribution is 5.85. The summed E-state index contributed by atoms with van der Waals surface area (Å²) in [5.41, 5.74) is 0. The average Bonchev–Trinajstić information content (AvgIpc) is 2.66. The van der Waals surface area contributed by atoms with Crippen molar-refractivity contribution in [1.29, 1.82) is 0 Å². The minimum absolute atomic E-state index is 0. The number of nitrogens with one attached hydrogen (secondary N) is 1. The lowest BCUT2D eigenvalue weighted by Crippen LogP contribution is -2.48. The predicted octanol–water partition coefficient (Wildman–Crippen LogP) is 6.63. The maximum absolute atomic E-state index is 12.3. The Bertz CT molecular complexity index is 468. The molecule has 0 aliphatic rings. The smallest absolute Gasteiger partial charge is 0.220 e. The van der Waals surface area contributed by atoms with Gasteiger partial charge in [-0.3, -0.25) is 4.79 Å². The molecule has 0 heterocycles. The van der Waals surface area contributed by atoms with E-state index >= 15 is 0 Å². The maximum atomic E-state index is 12.3. The van der Waals surface area contributed by atoms with E-state index in [-0.39, 0.29) is 18.3 Å². The van der Waals surface area contributed by atoms with E-state index in [2.05, 4.69) is 73.0 Å². The number of amides is 1. The molecule has 0 spiro atoms. The van der Waals surface area contributed by atoms with Crippen LogP contribution in [0.3, 0.4) is 0 Å². The van der Waals surface area contributed by atoms with E-state index < -0.39 is 0 Å². The molecule has 0 aromatic carbocycles. The van der Waals surface area contributed by atoms with E-state index in [0.717, 1.165) is 48.4 Å². The quantitative estimate of drug-likeness (QED) is 0.194. The van der Waals surface area contributed by atoms with E-state index in [0.29, 0.717) is 12.3 Å². The first-order valence-corrected chi connectivity index (χ1v) is 13.6. The molecule has 0 aromatic rings. The normalized spacial score (nSPS) is 14.8. The Kier molecular flexibility index (Phi) is 21.0. The van der Waals surface area contributed by atoms with E-state index in [1.54, 1.807) is 0 Å². The minimum atomic E-state index is 0. The van der Waals surface area contributed by atoms with Gasteiger partial charge in [0.25, 0.3) is 0 Å². The van der Waals surface area contributed by atoms with Gasteiger partial charge >= 0.3 is 0 Å². The molecule has 200 valence electrons. The van der Waals surface area contributed by atoms with Gasteiger partial charge in [0.1, 0.15) is 0 Å². The van der Waals surface area contributed by atoms with E-state index in [4.69, 9.17) is 0 Å². The standard InChI is InChI=1S/C28H59N3O.ClH/c1-24(2)13-10-14-25(3)15-11-16-26(4)17-12-18-27(5)23-28(32)29-19-21-31(8,9)22-20-30(6)7;/h24-27H,10-23H2,1-9H3;1H/p+1. The van der Waals surface area contributed by atoms with Gasteiger partial charge in [-0.05, 0) is 37.8 Å². The minimum Gasteiger partial charge on any atom is -0.350 e. The largest absolute Gasteiger partial charge is 0.350 e. The second kappa shape index (κ2) is 19.9. The molecule has 0 rings (SSSR count). The van der Waals surface area contributed by atoms with Crippen LogP contribution in [0.5, 0.6) is 0 Å². The molecule has 5 heteroatoms. The van der Waals surface area contributed by atoms with Gasteiger partial charge in [0.2, 0.25) is 5.91 Å². The summed E-state index contributed by atoms with van der Waals surface area (Å²) in [6, 6.07) is 0. The third-order valence-electron chi connectivity index (χ3n) is 6.99. The van der Waals surface area contributed by atoms with Gasteiger partial charge in [0.05, 0.1) is 33.7 Å². The van der Waals surface area contributed by atoms with Crippen LogP contribution in [0.2, 0.25) is 0 Å². The van der Waals surface area contributed by atoms with Crippen molar-refractivity contribution in [2.45, 2.75) is 98.8 Å². The Hall–Kier alpha value is -0.320. The van der Waals surface area contributed by atoms with Gasteiger partial charge in [-0.1, -0.05) is 92.4 Å². The summed E-state index contributed by atoms with van der Waals surface area (Å²) in [7, 11) is 8.71. The molecule has 0 aromatic heterocycles. The van der Waals surface area contributed by atoms with Crippen molar-refractivity contribution in [1.82, 2.24) is 10.2 Å². The van der Waals surface area contributed by atoms with Gasteiger partial charge in [-0.2, -0.15) is 0 Å².